The molecule has 2 bridgehead atoms. The van der Waals surface area contributed by atoms with Crippen LogP contribution < -0.4 is 15.9 Å². The van der Waals surface area contributed by atoms with Crippen molar-refractivity contribution in [3.8, 4) is 0 Å². The third-order valence-electron chi connectivity index (χ3n) is 5.87. The minimum absolute atomic E-state index is 0.00806. The van der Waals surface area contributed by atoms with Crippen molar-refractivity contribution in [2.75, 3.05) is 6.16 Å². The summed E-state index contributed by atoms with van der Waals surface area (Å²) in [5.74, 6) is 0.361. The molecule has 0 N–H and O–H groups in total. The van der Waals surface area contributed by atoms with Crippen LogP contribution in [-0.4, -0.2) is 11.9 Å². The number of carbonyl (C=O) groups excluding carboxylic acids is 1. The first-order chi connectivity index (χ1) is 12.7. The number of fused-ring (bicyclic) bond motifs is 2. The molecule has 2 heteroatoms. The molecule has 132 valence electrons. The Morgan fingerprint density at radius 2 is 1.35 bits per heavy atom. The van der Waals surface area contributed by atoms with Gasteiger partial charge in [-0.15, -0.1) is 0 Å². The molecule has 0 amide bonds. The molecular formula is C24H25OP. The summed E-state index contributed by atoms with van der Waals surface area (Å²) in [5, 5.41) is 4.30. The number of benzene rings is 3. The van der Waals surface area contributed by atoms with Gasteiger partial charge in [-0.3, -0.25) is 0 Å². The van der Waals surface area contributed by atoms with E-state index >= 15 is 0 Å². The van der Waals surface area contributed by atoms with E-state index in [0.29, 0.717) is 12.2 Å². The van der Waals surface area contributed by atoms with Crippen molar-refractivity contribution in [2.45, 2.75) is 25.7 Å². The average molecular weight is 360 g/mol. The van der Waals surface area contributed by atoms with Gasteiger partial charge in [0, 0.05) is 0 Å². The summed E-state index contributed by atoms with van der Waals surface area (Å²) < 4.78 is 0. The Hall–Kier alpha value is -2.24. The van der Waals surface area contributed by atoms with Gasteiger partial charge in [-0.05, 0) is 0 Å². The predicted molar refractivity (Wildman–Crippen MR) is 114 cm³/mol. The topological polar surface area (TPSA) is 17.1 Å². The molecule has 26 heavy (non-hydrogen) atoms. The Bertz CT molecular complexity index is 862. The quantitative estimate of drug-likeness (QED) is 0.627. The normalized spacial score (nSPS) is 20.5. The summed E-state index contributed by atoms with van der Waals surface area (Å²) >= 11 is 0. The van der Waals surface area contributed by atoms with Crippen LogP contribution in [0.2, 0.25) is 0 Å². The van der Waals surface area contributed by atoms with Crippen molar-refractivity contribution in [1.82, 2.24) is 0 Å². The Balaban J connectivity index is 2.01. The van der Waals surface area contributed by atoms with E-state index < -0.39 is 7.26 Å². The van der Waals surface area contributed by atoms with Crippen molar-refractivity contribution in [2.24, 2.45) is 0 Å². The second-order valence-corrected chi connectivity index (χ2v) is 11.3. The van der Waals surface area contributed by atoms with E-state index in [0.717, 1.165) is 18.1 Å². The molecule has 3 aromatic rings. The van der Waals surface area contributed by atoms with Crippen LogP contribution in [0.5, 0.6) is 0 Å². The van der Waals surface area contributed by atoms with Gasteiger partial charge in [0.2, 0.25) is 0 Å². The first kappa shape index (κ1) is 17.2. The molecule has 0 saturated carbocycles. The van der Waals surface area contributed by atoms with E-state index in [1.165, 1.54) is 15.9 Å². The molecule has 1 aliphatic rings. The molecule has 0 radical (unpaired) electrons. The molecule has 4 rings (SSSR count). The van der Waals surface area contributed by atoms with E-state index in [2.05, 4.69) is 91.9 Å². The van der Waals surface area contributed by atoms with Crippen LogP contribution in [0, 0.1) is 0 Å². The molecule has 0 spiro atoms. The zero-order chi connectivity index (χ0) is 18.0. The van der Waals surface area contributed by atoms with Crippen LogP contribution in [0.15, 0.2) is 84.9 Å². The van der Waals surface area contributed by atoms with Crippen LogP contribution in [0.1, 0.15) is 31.2 Å². The third-order valence-corrected chi connectivity index (χ3v) is 10.9. The first-order valence-electron chi connectivity index (χ1n) is 9.46. The van der Waals surface area contributed by atoms with Gasteiger partial charge in [0.25, 0.3) is 0 Å². The van der Waals surface area contributed by atoms with Crippen molar-refractivity contribution in [1.29, 1.82) is 0 Å². The van der Waals surface area contributed by atoms with Crippen molar-refractivity contribution < 1.29 is 4.79 Å². The number of rotatable bonds is 2. The zero-order valence-corrected chi connectivity index (χ0v) is 16.2. The van der Waals surface area contributed by atoms with Gasteiger partial charge in [-0.2, -0.15) is 0 Å². The van der Waals surface area contributed by atoms with Crippen LogP contribution in [0.25, 0.3) is 0 Å². The van der Waals surface area contributed by atoms with Crippen molar-refractivity contribution in [3.05, 3.63) is 90.5 Å². The minimum atomic E-state index is -2.15. The Kier molecular flexibility index (Phi) is 4.74. The van der Waals surface area contributed by atoms with Gasteiger partial charge in [0.05, 0.1) is 0 Å². The summed E-state index contributed by atoms with van der Waals surface area (Å²) in [6.07, 6.45) is 2.70. The van der Waals surface area contributed by atoms with Crippen molar-refractivity contribution in [3.63, 3.8) is 0 Å². The van der Waals surface area contributed by atoms with Crippen LogP contribution >= 0.6 is 7.26 Å². The van der Waals surface area contributed by atoms with Gasteiger partial charge in [0.1, 0.15) is 0 Å². The fraction of sp³-hybridized carbons (Fsp3) is 0.208. The van der Waals surface area contributed by atoms with Gasteiger partial charge in [0.15, 0.2) is 0 Å². The van der Waals surface area contributed by atoms with Crippen molar-refractivity contribution >= 4 is 29.0 Å². The molecule has 0 aromatic heterocycles. The maximum atomic E-state index is 12.6. The molecular weight excluding hydrogens is 335 g/mol. The number of carbonyl (C=O) groups is 1. The molecule has 1 heterocycles. The fourth-order valence-corrected chi connectivity index (χ4v) is 9.27. The van der Waals surface area contributed by atoms with Gasteiger partial charge < -0.3 is 0 Å². The molecule has 1 atom stereocenters. The van der Waals surface area contributed by atoms with Gasteiger partial charge in [-0.25, -0.2) is 0 Å². The summed E-state index contributed by atoms with van der Waals surface area (Å²) in [6, 6.07) is 30.8. The first-order valence-corrected chi connectivity index (χ1v) is 11.7. The molecule has 1 nitrogen and oxygen atoms in total. The third kappa shape index (κ3) is 2.91. The Labute approximate surface area is 156 Å². The molecule has 1 aliphatic heterocycles. The summed E-state index contributed by atoms with van der Waals surface area (Å²) in [4.78, 5) is 12.6. The number of hydrogen-bond acceptors (Lipinski definition) is 1. The maximum absolute atomic E-state index is 12.6. The summed E-state index contributed by atoms with van der Waals surface area (Å²) in [6.45, 7) is 2.06. The Morgan fingerprint density at radius 1 is 0.769 bits per heavy atom. The Morgan fingerprint density at radius 3 is 1.96 bits per heavy atom. The zero-order valence-electron chi connectivity index (χ0n) is 15.2. The number of ketones is 1. The van der Waals surface area contributed by atoms with Crippen LogP contribution in [0.4, 0.5) is 0 Å². The molecule has 0 fully saturated rings. The fourth-order valence-electron chi connectivity index (χ4n) is 4.38. The average Bonchev–Trinajstić information content (AvgIpc) is 2.74. The van der Waals surface area contributed by atoms with Gasteiger partial charge in [-0.1, -0.05) is 0 Å². The predicted octanol–water partition coefficient (Wildman–Crippen LogP) is 4.18. The standard InChI is InChI=1S/C24H25OP/c1-19-20-10-8-15-23(18-20)26(17-9-16-24(19)25,21-11-4-2-5-12-21)22-13-6-3-7-14-22/h2-8,10-15,18-19,26H,9,16-17H2,1H3/t19-/m0/s1. The van der Waals surface area contributed by atoms with E-state index in [9.17, 15) is 4.79 Å². The SMILES string of the molecule is C[C@@H]1C(=O)CCC[PH](c2ccccc2)(c2ccccc2)c2cccc1c2. The van der Waals surface area contributed by atoms with Crippen LogP contribution in [0.3, 0.4) is 0 Å². The molecule has 0 saturated heterocycles. The van der Waals surface area contributed by atoms with E-state index in [4.69, 9.17) is 0 Å². The van der Waals surface area contributed by atoms with E-state index in [1.54, 1.807) is 0 Å². The molecule has 3 aromatic carbocycles. The molecule has 0 unspecified atom stereocenters. The summed E-state index contributed by atoms with van der Waals surface area (Å²) in [7, 11) is -2.15. The molecule has 0 aliphatic carbocycles. The number of hydrogen-bond donors (Lipinski definition) is 0. The second-order valence-electron chi connectivity index (χ2n) is 7.30. The van der Waals surface area contributed by atoms with Gasteiger partial charge >= 0.3 is 156 Å². The number of Topliss-reactive ketones (excluding diaryl/α,β-unsaturated/α-hetero) is 1. The van der Waals surface area contributed by atoms with E-state index in [-0.39, 0.29) is 5.92 Å². The summed E-state index contributed by atoms with van der Waals surface area (Å²) in [5.41, 5.74) is 1.16. The van der Waals surface area contributed by atoms with E-state index in [1.807, 2.05) is 0 Å². The monoisotopic (exact) mass is 360 g/mol. The second kappa shape index (κ2) is 7.17. The van der Waals surface area contributed by atoms with Crippen LogP contribution in [-0.2, 0) is 4.79 Å².